The SMILES string of the molecule is Cc1ccsc1-c1sc(-c2sccc2C)c(C)c1C. The van der Waals surface area contributed by atoms with Gasteiger partial charge in [0, 0.05) is 19.5 Å². The maximum absolute atomic E-state index is 2.26. The Balaban J connectivity index is 2.21. The molecule has 19 heavy (non-hydrogen) atoms. The maximum atomic E-state index is 2.26. The Morgan fingerprint density at radius 2 is 1.05 bits per heavy atom. The molecular weight excluding hydrogens is 288 g/mol. The molecule has 0 bridgehead atoms. The first-order valence-corrected chi connectivity index (χ1v) is 8.86. The Hall–Kier alpha value is -0.900. The molecule has 0 unspecified atom stereocenters. The summed E-state index contributed by atoms with van der Waals surface area (Å²) in [7, 11) is 0. The Labute approximate surface area is 126 Å². The third kappa shape index (κ3) is 2.10. The lowest BCUT2D eigenvalue weighted by molar-refractivity contribution is 1.40. The van der Waals surface area contributed by atoms with Crippen molar-refractivity contribution in [3.05, 3.63) is 45.1 Å². The second kappa shape index (κ2) is 4.89. The molecule has 0 spiro atoms. The minimum absolute atomic E-state index is 1.39. The molecule has 0 amide bonds. The molecule has 0 aliphatic rings. The molecule has 3 aromatic rings. The molecule has 0 aliphatic heterocycles. The summed E-state index contributed by atoms with van der Waals surface area (Å²) < 4.78 is 0. The van der Waals surface area contributed by atoms with E-state index in [4.69, 9.17) is 0 Å². The molecule has 0 nitrogen and oxygen atoms in total. The highest BCUT2D eigenvalue weighted by atomic mass is 32.1. The predicted molar refractivity (Wildman–Crippen MR) is 89.9 cm³/mol. The monoisotopic (exact) mass is 304 g/mol. The molecule has 0 atom stereocenters. The molecule has 0 saturated carbocycles. The van der Waals surface area contributed by atoms with Crippen LogP contribution in [0.25, 0.3) is 19.5 Å². The van der Waals surface area contributed by atoms with Crippen LogP contribution in [0.3, 0.4) is 0 Å². The van der Waals surface area contributed by atoms with E-state index in [-0.39, 0.29) is 0 Å². The summed E-state index contributed by atoms with van der Waals surface area (Å²) in [5, 5.41) is 4.38. The molecule has 0 radical (unpaired) electrons. The summed E-state index contributed by atoms with van der Waals surface area (Å²) in [4.78, 5) is 5.78. The molecule has 0 N–H and O–H groups in total. The topological polar surface area (TPSA) is 0 Å². The third-order valence-corrected chi connectivity index (χ3v) is 7.34. The molecule has 0 aromatic carbocycles. The molecule has 3 rings (SSSR count). The van der Waals surface area contributed by atoms with Crippen LogP contribution in [0.5, 0.6) is 0 Å². The van der Waals surface area contributed by atoms with Crippen molar-refractivity contribution in [1.29, 1.82) is 0 Å². The molecule has 3 heterocycles. The number of thiophene rings is 3. The van der Waals surface area contributed by atoms with Gasteiger partial charge in [-0.1, -0.05) is 0 Å². The van der Waals surface area contributed by atoms with Crippen LogP contribution in [0.2, 0.25) is 0 Å². The fourth-order valence-corrected chi connectivity index (χ4v) is 5.95. The molecule has 0 aliphatic carbocycles. The van der Waals surface area contributed by atoms with Gasteiger partial charge in [0.2, 0.25) is 0 Å². The second-order valence-electron chi connectivity index (χ2n) is 4.88. The predicted octanol–water partition coefficient (Wildman–Crippen LogP) is 6.44. The van der Waals surface area contributed by atoms with Crippen LogP contribution in [-0.4, -0.2) is 0 Å². The van der Waals surface area contributed by atoms with E-state index in [9.17, 15) is 0 Å². The van der Waals surface area contributed by atoms with Crippen LogP contribution in [0, 0.1) is 27.7 Å². The molecule has 3 heteroatoms. The highest BCUT2D eigenvalue weighted by Gasteiger charge is 2.18. The normalized spacial score (nSPS) is 11.2. The summed E-state index contributed by atoms with van der Waals surface area (Å²) in [6.07, 6.45) is 0. The van der Waals surface area contributed by atoms with E-state index in [1.54, 1.807) is 0 Å². The first kappa shape index (κ1) is 13.1. The standard InChI is InChI=1S/C16H16S3/c1-9-5-7-17-13(9)15-11(3)12(4)16(19-15)14-10(2)6-8-18-14/h5-8H,1-4H3. The zero-order valence-corrected chi connectivity index (χ0v) is 14.0. The average molecular weight is 305 g/mol. The van der Waals surface area contributed by atoms with Crippen molar-refractivity contribution >= 4 is 34.0 Å². The molecule has 0 saturated heterocycles. The number of hydrogen-bond acceptors (Lipinski definition) is 3. The fraction of sp³-hybridized carbons (Fsp3) is 0.250. The lowest BCUT2D eigenvalue weighted by Crippen LogP contribution is -1.78. The van der Waals surface area contributed by atoms with E-state index >= 15 is 0 Å². The molecule has 0 fully saturated rings. The third-order valence-electron chi connectivity index (χ3n) is 3.58. The molecule has 3 aromatic heterocycles. The van der Waals surface area contributed by atoms with Gasteiger partial charge >= 0.3 is 0 Å². The van der Waals surface area contributed by atoms with E-state index in [0.717, 1.165) is 0 Å². The van der Waals surface area contributed by atoms with Gasteiger partial charge in [-0.2, -0.15) is 0 Å². The lowest BCUT2D eigenvalue weighted by atomic mass is 10.1. The zero-order chi connectivity index (χ0) is 13.6. The highest BCUT2D eigenvalue weighted by Crippen LogP contribution is 2.46. The van der Waals surface area contributed by atoms with Gasteiger partial charge in [-0.05, 0) is 72.8 Å². The van der Waals surface area contributed by atoms with E-state index < -0.39 is 0 Å². The fourth-order valence-electron chi connectivity index (χ4n) is 2.24. The van der Waals surface area contributed by atoms with Gasteiger partial charge in [0.25, 0.3) is 0 Å². The quantitative estimate of drug-likeness (QED) is 0.511. The lowest BCUT2D eigenvalue weighted by Gasteiger charge is -1.98. The van der Waals surface area contributed by atoms with Gasteiger partial charge in [0.1, 0.15) is 0 Å². The van der Waals surface area contributed by atoms with Crippen LogP contribution in [0.15, 0.2) is 22.9 Å². The van der Waals surface area contributed by atoms with Crippen molar-refractivity contribution in [2.45, 2.75) is 27.7 Å². The Kier molecular flexibility index (Phi) is 3.37. The van der Waals surface area contributed by atoms with Crippen molar-refractivity contribution in [3.8, 4) is 19.5 Å². The largest absolute Gasteiger partial charge is 0.143 e. The van der Waals surface area contributed by atoms with Crippen LogP contribution < -0.4 is 0 Å². The summed E-state index contributed by atoms with van der Waals surface area (Å²) in [5.74, 6) is 0. The number of aryl methyl sites for hydroxylation is 2. The zero-order valence-electron chi connectivity index (χ0n) is 11.5. The van der Waals surface area contributed by atoms with E-state index in [1.807, 2.05) is 34.0 Å². The smallest absolute Gasteiger partial charge is 0.0484 e. The van der Waals surface area contributed by atoms with E-state index in [2.05, 4.69) is 50.6 Å². The Morgan fingerprint density at radius 3 is 1.37 bits per heavy atom. The van der Waals surface area contributed by atoms with Crippen molar-refractivity contribution in [2.75, 3.05) is 0 Å². The van der Waals surface area contributed by atoms with Crippen LogP contribution in [0.1, 0.15) is 22.3 Å². The van der Waals surface area contributed by atoms with Gasteiger partial charge in [-0.3, -0.25) is 0 Å². The van der Waals surface area contributed by atoms with E-state index in [1.165, 1.54) is 41.8 Å². The average Bonchev–Trinajstić information content (AvgIpc) is 3.04. The van der Waals surface area contributed by atoms with Crippen LogP contribution >= 0.6 is 34.0 Å². The molecular formula is C16H16S3. The van der Waals surface area contributed by atoms with Gasteiger partial charge in [-0.25, -0.2) is 0 Å². The Bertz CT molecular complexity index is 664. The van der Waals surface area contributed by atoms with Gasteiger partial charge < -0.3 is 0 Å². The van der Waals surface area contributed by atoms with Gasteiger partial charge in [0.05, 0.1) is 0 Å². The first-order valence-electron chi connectivity index (χ1n) is 6.28. The van der Waals surface area contributed by atoms with E-state index in [0.29, 0.717) is 0 Å². The van der Waals surface area contributed by atoms with Crippen LogP contribution in [-0.2, 0) is 0 Å². The summed E-state index contributed by atoms with van der Waals surface area (Å²) >= 11 is 5.66. The van der Waals surface area contributed by atoms with Crippen molar-refractivity contribution in [2.24, 2.45) is 0 Å². The van der Waals surface area contributed by atoms with Crippen molar-refractivity contribution < 1.29 is 0 Å². The van der Waals surface area contributed by atoms with Crippen molar-refractivity contribution in [1.82, 2.24) is 0 Å². The first-order chi connectivity index (χ1) is 9.09. The number of rotatable bonds is 2. The van der Waals surface area contributed by atoms with Gasteiger partial charge in [0.15, 0.2) is 0 Å². The summed E-state index contributed by atoms with van der Waals surface area (Å²) in [6.45, 7) is 8.92. The summed E-state index contributed by atoms with van der Waals surface area (Å²) in [5.41, 5.74) is 5.67. The minimum Gasteiger partial charge on any atom is -0.143 e. The van der Waals surface area contributed by atoms with Gasteiger partial charge in [-0.15, -0.1) is 34.0 Å². The summed E-state index contributed by atoms with van der Waals surface area (Å²) in [6, 6.07) is 4.43. The highest BCUT2D eigenvalue weighted by molar-refractivity contribution is 7.26. The second-order valence-corrected chi connectivity index (χ2v) is 7.73. The number of hydrogen-bond donors (Lipinski definition) is 0. The van der Waals surface area contributed by atoms with Crippen LogP contribution in [0.4, 0.5) is 0 Å². The molecule has 98 valence electrons. The minimum atomic E-state index is 1.39. The Morgan fingerprint density at radius 1 is 0.632 bits per heavy atom. The van der Waals surface area contributed by atoms with Crippen molar-refractivity contribution in [3.63, 3.8) is 0 Å². The maximum Gasteiger partial charge on any atom is 0.0484 e.